The van der Waals surface area contributed by atoms with Crippen LogP contribution in [-0.4, -0.2) is 38.5 Å². The van der Waals surface area contributed by atoms with Crippen molar-refractivity contribution in [2.75, 3.05) is 6.61 Å². The molecule has 0 spiro atoms. The van der Waals surface area contributed by atoms with Crippen LogP contribution in [0.4, 0.5) is 19.0 Å². The number of benzene rings is 1. The number of imidazole rings is 1. The van der Waals surface area contributed by atoms with Gasteiger partial charge in [-0.2, -0.15) is 0 Å². The van der Waals surface area contributed by atoms with Crippen molar-refractivity contribution in [2.45, 2.75) is 19.0 Å². The van der Waals surface area contributed by atoms with Gasteiger partial charge < -0.3 is 24.3 Å². The lowest BCUT2D eigenvalue weighted by Crippen LogP contribution is -2.23. The van der Waals surface area contributed by atoms with Gasteiger partial charge in [-0.15, -0.1) is 13.2 Å². The van der Waals surface area contributed by atoms with E-state index in [1.54, 1.807) is 12.1 Å². The van der Waals surface area contributed by atoms with E-state index in [4.69, 9.17) is 9.47 Å². The lowest BCUT2D eigenvalue weighted by molar-refractivity contribution is -0.389. The molecular weight excluding hydrogens is 409 g/mol. The minimum atomic E-state index is -4.74. The van der Waals surface area contributed by atoms with Crippen LogP contribution in [0.15, 0.2) is 48.8 Å². The molecule has 1 atom stereocenters. The van der Waals surface area contributed by atoms with E-state index < -0.39 is 11.3 Å². The lowest BCUT2D eigenvalue weighted by Gasteiger charge is -2.11. The van der Waals surface area contributed by atoms with Crippen LogP contribution in [0.2, 0.25) is 0 Å². The molecule has 1 aliphatic heterocycles. The van der Waals surface area contributed by atoms with Gasteiger partial charge in [-0.1, -0.05) is 12.1 Å². The number of alkyl halides is 3. The van der Waals surface area contributed by atoms with Crippen LogP contribution >= 0.6 is 0 Å². The number of rotatable bonds is 6. The van der Waals surface area contributed by atoms with Crippen molar-refractivity contribution in [3.05, 3.63) is 58.9 Å². The Labute approximate surface area is 166 Å². The van der Waals surface area contributed by atoms with Gasteiger partial charge in [-0.25, -0.2) is 4.98 Å². The predicted molar refractivity (Wildman–Crippen MR) is 95.1 cm³/mol. The zero-order chi connectivity index (χ0) is 21.3. The molecule has 1 aliphatic rings. The topological polar surface area (TPSA) is 102 Å². The maximum absolute atomic E-state index is 12.2. The number of aromatic nitrogens is 3. The molecule has 9 nitrogen and oxygen atoms in total. The summed E-state index contributed by atoms with van der Waals surface area (Å²) in [5, 5.41) is 10.7. The van der Waals surface area contributed by atoms with Gasteiger partial charge in [0, 0.05) is 22.8 Å². The van der Waals surface area contributed by atoms with E-state index in [1.165, 1.54) is 41.2 Å². The van der Waals surface area contributed by atoms with Crippen molar-refractivity contribution in [3.8, 4) is 28.8 Å². The van der Waals surface area contributed by atoms with E-state index in [1.807, 2.05) is 0 Å². The Bertz CT molecular complexity index is 1030. The maximum Gasteiger partial charge on any atom is 0.573 e. The fourth-order valence-corrected chi connectivity index (χ4v) is 2.85. The van der Waals surface area contributed by atoms with Crippen molar-refractivity contribution in [3.63, 3.8) is 0 Å². The number of nitro groups is 1. The summed E-state index contributed by atoms with van der Waals surface area (Å²) in [4.78, 5) is 18.0. The Morgan fingerprint density at radius 1 is 1.20 bits per heavy atom. The standard InChI is InChI=1S/C18H13F3N4O5/c19-18(20,21)30-13-4-1-11(2-5-13)12-3-6-16(22-7-12)28-10-14-8-24-9-15(25(26)27)23-17(24)29-14/h1-7,9,14H,8,10H2. The molecule has 2 aromatic heterocycles. The Balaban J connectivity index is 1.32. The maximum atomic E-state index is 12.2. The zero-order valence-corrected chi connectivity index (χ0v) is 15.1. The lowest BCUT2D eigenvalue weighted by atomic mass is 10.1. The Morgan fingerprint density at radius 3 is 2.53 bits per heavy atom. The monoisotopic (exact) mass is 422 g/mol. The van der Waals surface area contributed by atoms with E-state index in [9.17, 15) is 23.3 Å². The summed E-state index contributed by atoms with van der Waals surface area (Å²) >= 11 is 0. The molecule has 0 bridgehead atoms. The van der Waals surface area contributed by atoms with Crippen LogP contribution in [0.1, 0.15) is 0 Å². The quantitative estimate of drug-likeness (QED) is 0.442. The van der Waals surface area contributed by atoms with Gasteiger partial charge in [0.05, 0.1) is 6.54 Å². The summed E-state index contributed by atoms with van der Waals surface area (Å²) in [5.41, 5.74) is 1.35. The van der Waals surface area contributed by atoms with Gasteiger partial charge in [0.1, 0.15) is 18.6 Å². The van der Waals surface area contributed by atoms with Crippen LogP contribution in [-0.2, 0) is 6.54 Å². The van der Waals surface area contributed by atoms with Gasteiger partial charge in [0.25, 0.3) is 0 Å². The predicted octanol–water partition coefficient (Wildman–Crippen LogP) is 3.59. The first-order valence-corrected chi connectivity index (χ1v) is 8.60. The van der Waals surface area contributed by atoms with Crippen molar-refractivity contribution >= 4 is 5.82 Å². The summed E-state index contributed by atoms with van der Waals surface area (Å²) in [6.45, 7) is 0.521. The van der Waals surface area contributed by atoms with E-state index in [2.05, 4.69) is 14.7 Å². The van der Waals surface area contributed by atoms with Crippen LogP contribution in [0, 0.1) is 10.1 Å². The van der Waals surface area contributed by atoms with Crippen molar-refractivity contribution in [2.24, 2.45) is 0 Å². The fourth-order valence-electron chi connectivity index (χ4n) is 2.85. The van der Waals surface area contributed by atoms with Crippen LogP contribution in [0.25, 0.3) is 11.1 Å². The van der Waals surface area contributed by atoms with Gasteiger partial charge in [0.2, 0.25) is 5.88 Å². The second kappa shape index (κ2) is 7.54. The molecule has 0 amide bonds. The van der Waals surface area contributed by atoms with E-state index in [0.717, 1.165) is 0 Å². The highest BCUT2D eigenvalue weighted by Crippen LogP contribution is 2.28. The highest BCUT2D eigenvalue weighted by molar-refractivity contribution is 5.63. The summed E-state index contributed by atoms with van der Waals surface area (Å²) < 4.78 is 53.1. The first-order chi connectivity index (χ1) is 14.3. The fraction of sp³-hybridized carbons (Fsp3) is 0.222. The average molecular weight is 422 g/mol. The molecular formula is C18H13F3N4O5. The molecule has 0 radical (unpaired) electrons. The highest BCUT2D eigenvalue weighted by atomic mass is 19.4. The summed E-state index contributed by atoms with van der Waals surface area (Å²) in [6.07, 6.45) is -2.28. The number of hydrogen-bond donors (Lipinski definition) is 0. The molecule has 12 heteroatoms. The summed E-state index contributed by atoms with van der Waals surface area (Å²) in [5.74, 6) is -0.254. The van der Waals surface area contributed by atoms with Crippen LogP contribution in [0.5, 0.6) is 17.6 Å². The third kappa shape index (κ3) is 4.42. The molecule has 3 aromatic rings. The number of nitrogens with zero attached hydrogens (tertiary/aromatic N) is 4. The number of fused-ring (bicyclic) bond motifs is 1. The molecule has 1 aromatic carbocycles. The molecule has 0 saturated carbocycles. The zero-order valence-electron chi connectivity index (χ0n) is 15.1. The van der Waals surface area contributed by atoms with Gasteiger partial charge >= 0.3 is 18.2 Å². The van der Waals surface area contributed by atoms with Crippen molar-refractivity contribution in [1.82, 2.24) is 14.5 Å². The van der Waals surface area contributed by atoms with Crippen molar-refractivity contribution in [1.29, 1.82) is 0 Å². The molecule has 0 aliphatic carbocycles. The largest absolute Gasteiger partial charge is 0.573 e. The van der Waals surface area contributed by atoms with E-state index in [-0.39, 0.29) is 30.3 Å². The number of halogens is 3. The number of ether oxygens (including phenoxy) is 3. The summed E-state index contributed by atoms with van der Waals surface area (Å²) in [7, 11) is 0. The normalized spacial score (nSPS) is 15.4. The van der Waals surface area contributed by atoms with Gasteiger partial charge in [0.15, 0.2) is 6.10 Å². The minimum absolute atomic E-state index is 0.160. The first-order valence-electron chi connectivity index (χ1n) is 8.60. The molecule has 3 heterocycles. The molecule has 1 unspecified atom stereocenters. The highest BCUT2D eigenvalue weighted by Gasteiger charge is 2.32. The molecule has 30 heavy (non-hydrogen) atoms. The third-order valence-corrected chi connectivity index (χ3v) is 4.16. The Kier molecular flexibility index (Phi) is 4.90. The van der Waals surface area contributed by atoms with E-state index in [0.29, 0.717) is 23.6 Å². The molecule has 0 fully saturated rings. The smallest absolute Gasteiger partial charge is 0.474 e. The Hall–Kier alpha value is -3.83. The SMILES string of the molecule is O=[N+]([O-])c1cn2c(n1)OC(COc1ccc(-c3ccc(OC(F)(F)F)cc3)cn1)C2. The molecule has 0 saturated heterocycles. The first kappa shape index (κ1) is 19.5. The molecule has 156 valence electrons. The van der Waals surface area contributed by atoms with Crippen LogP contribution < -0.4 is 14.2 Å². The minimum Gasteiger partial charge on any atom is -0.474 e. The Morgan fingerprint density at radius 2 is 1.93 bits per heavy atom. The second-order valence-corrected chi connectivity index (χ2v) is 6.30. The number of hydrogen-bond acceptors (Lipinski definition) is 7. The van der Waals surface area contributed by atoms with Gasteiger partial charge in [-0.3, -0.25) is 4.57 Å². The summed E-state index contributed by atoms with van der Waals surface area (Å²) in [6, 6.07) is 8.92. The number of pyridine rings is 1. The van der Waals surface area contributed by atoms with Gasteiger partial charge in [-0.05, 0) is 28.7 Å². The molecule has 0 N–H and O–H groups in total. The van der Waals surface area contributed by atoms with Crippen molar-refractivity contribution < 1.29 is 32.3 Å². The van der Waals surface area contributed by atoms with E-state index >= 15 is 0 Å². The molecule has 4 rings (SSSR count). The second-order valence-electron chi connectivity index (χ2n) is 6.30. The van der Waals surface area contributed by atoms with Crippen LogP contribution in [0.3, 0.4) is 0 Å². The average Bonchev–Trinajstić information content (AvgIpc) is 3.25. The third-order valence-electron chi connectivity index (χ3n) is 4.16.